The van der Waals surface area contributed by atoms with Crippen LogP contribution in [-0.4, -0.2) is 53.0 Å². The number of allylic oxidation sites excluding steroid dienone is 1. The summed E-state index contributed by atoms with van der Waals surface area (Å²) >= 11 is 5.88. The van der Waals surface area contributed by atoms with Gasteiger partial charge >= 0.3 is 0 Å². The van der Waals surface area contributed by atoms with E-state index < -0.39 is 0 Å². The van der Waals surface area contributed by atoms with Crippen LogP contribution in [0.25, 0.3) is 11.8 Å². The molecule has 37 heavy (non-hydrogen) atoms. The third-order valence-electron chi connectivity index (χ3n) is 7.29. The summed E-state index contributed by atoms with van der Waals surface area (Å²) in [6, 6.07) is 13.6. The van der Waals surface area contributed by atoms with Gasteiger partial charge in [-0.25, -0.2) is 0 Å². The molecule has 0 amide bonds. The monoisotopic (exact) mass is 519 g/mol. The molecule has 2 fully saturated rings. The topological polar surface area (TPSA) is 65.8 Å². The number of piperidine rings is 1. The van der Waals surface area contributed by atoms with E-state index in [9.17, 15) is 4.79 Å². The average molecular weight is 520 g/mol. The van der Waals surface area contributed by atoms with E-state index in [-0.39, 0.29) is 24.4 Å². The average Bonchev–Trinajstić information content (AvgIpc) is 2.92. The van der Waals surface area contributed by atoms with Gasteiger partial charge in [-0.3, -0.25) is 19.2 Å². The lowest BCUT2D eigenvalue weighted by molar-refractivity contribution is -0.165. The Balaban J connectivity index is 1.11. The fourth-order valence-corrected chi connectivity index (χ4v) is 5.48. The maximum absolute atomic E-state index is 12.9. The smallest absolute Gasteiger partial charge is 0.258 e. The number of nitrogens with zero attached hydrogens (tertiary/aromatic N) is 3. The Bertz CT molecular complexity index is 1350. The minimum absolute atomic E-state index is 0.106. The fraction of sp³-hybridized carbons (Fsp3) is 0.379. The number of aromatic nitrogens is 2. The molecule has 1 aliphatic carbocycles. The van der Waals surface area contributed by atoms with Gasteiger partial charge in [0, 0.05) is 43.8 Å². The highest BCUT2D eigenvalue weighted by atomic mass is 35.5. The Morgan fingerprint density at radius 2 is 1.95 bits per heavy atom. The van der Waals surface area contributed by atoms with Crippen molar-refractivity contribution in [3.05, 3.63) is 92.6 Å². The number of fused-ring (bicyclic) bond motifs is 2. The molecule has 2 atom stereocenters. The van der Waals surface area contributed by atoms with Crippen LogP contribution in [0.1, 0.15) is 35.2 Å². The normalized spacial score (nSPS) is 21.6. The van der Waals surface area contributed by atoms with Crippen molar-refractivity contribution < 1.29 is 14.2 Å². The van der Waals surface area contributed by atoms with E-state index in [0.29, 0.717) is 24.0 Å². The van der Waals surface area contributed by atoms with Gasteiger partial charge in [-0.05, 0) is 60.2 Å². The zero-order chi connectivity index (χ0) is 25.2. The fourth-order valence-electron chi connectivity index (χ4n) is 5.37. The highest BCUT2D eigenvalue weighted by Gasteiger charge is 2.33. The second-order valence-corrected chi connectivity index (χ2v) is 10.3. The molecule has 0 unspecified atom stereocenters. The van der Waals surface area contributed by atoms with Gasteiger partial charge in [-0.1, -0.05) is 29.8 Å². The summed E-state index contributed by atoms with van der Waals surface area (Å²) in [6.07, 6.45) is 8.68. The van der Waals surface area contributed by atoms with Crippen LogP contribution in [0, 0.1) is 0 Å². The van der Waals surface area contributed by atoms with Crippen LogP contribution in [0.3, 0.4) is 0 Å². The van der Waals surface area contributed by atoms with Gasteiger partial charge in [0.15, 0.2) is 0 Å². The first kappa shape index (κ1) is 24.4. The van der Waals surface area contributed by atoms with Gasteiger partial charge in [-0.2, -0.15) is 0 Å². The maximum Gasteiger partial charge on any atom is 0.258 e. The number of aryl methyl sites for hydroxylation is 1. The summed E-state index contributed by atoms with van der Waals surface area (Å²) in [7, 11) is 0. The Hall–Kier alpha value is -2.97. The molecule has 3 aliphatic rings. The van der Waals surface area contributed by atoms with E-state index in [0.717, 1.165) is 50.3 Å². The molecular weight excluding hydrogens is 490 g/mol. The molecule has 2 aliphatic heterocycles. The van der Waals surface area contributed by atoms with Gasteiger partial charge in [0.25, 0.3) is 5.56 Å². The second-order valence-electron chi connectivity index (χ2n) is 9.84. The van der Waals surface area contributed by atoms with E-state index in [1.165, 1.54) is 22.8 Å². The van der Waals surface area contributed by atoms with Crippen LogP contribution in [-0.2, 0) is 29.0 Å². The van der Waals surface area contributed by atoms with Crippen LogP contribution in [0.5, 0.6) is 5.75 Å². The van der Waals surface area contributed by atoms with E-state index in [1.807, 2.05) is 6.07 Å². The van der Waals surface area contributed by atoms with Crippen LogP contribution < -0.4 is 10.3 Å². The van der Waals surface area contributed by atoms with Crippen LogP contribution in [0.2, 0.25) is 5.02 Å². The molecule has 6 rings (SSSR count). The zero-order valence-electron chi connectivity index (χ0n) is 20.6. The number of pyridine rings is 2. The lowest BCUT2D eigenvalue weighted by Gasteiger charge is -2.40. The standard InChI is InChI=1S/C29H30ClN3O4/c30-23-4-5-24(31-16-23)19-37-26-7-10-33(29(34)15-26)25-6-3-21-13-20(1-2-22(21)14-25)17-32-9-8-27-28(18-32)36-12-11-35-27/h1-2,4-5,7,10,13-16,27-28H,3,6,8-9,11-12,17-19H2/t27-,28+/m0/s1. The molecule has 2 aromatic heterocycles. The van der Waals surface area contributed by atoms with Gasteiger partial charge in [0.2, 0.25) is 0 Å². The first-order valence-electron chi connectivity index (χ1n) is 12.8. The van der Waals surface area contributed by atoms with Crippen molar-refractivity contribution in [3.63, 3.8) is 0 Å². The molecule has 192 valence electrons. The third-order valence-corrected chi connectivity index (χ3v) is 7.52. The van der Waals surface area contributed by atoms with Gasteiger partial charge in [-0.15, -0.1) is 0 Å². The maximum atomic E-state index is 12.9. The Labute approximate surface area is 221 Å². The van der Waals surface area contributed by atoms with Crippen molar-refractivity contribution in [2.45, 2.75) is 44.6 Å². The molecule has 8 heteroatoms. The van der Waals surface area contributed by atoms with Crippen LogP contribution in [0.15, 0.2) is 59.7 Å². The lowest BCUT2D eigenvalue weighted by atomic mass is 9.93. The first-order valence-corrected chi connectivity index (χ1v) is 13.2. The predicted octanol–water partition coefficient (Wildman–Crippen LogP) is 4.41. The minimum atomic E-state index is -0.106. The molecule has 7 nitrogen and oxygen atoms in total. The molecule has 0 saturated carbocycles. The largest absolute Gasteiger partial charge is 0.487 e. The number of ether oxygens (including phenoxy) is 3. The van der Waals surface area contributed by atoms with E-state index in [2.05, 4.69) is 34.2 Å². The van der Waals surface area contributed by atoms with Crippen LogP contribution in [0.4, 0.5) is 0 Å². The van der Waals surface area contributed by atoms with E-state index in [1.54, 1.807) is 29.1 Å². The van der Waals surface area contributed by atoms with Crippen LogP contribution >= 0.6 is 11.6 Å². The van der Waals surface area contributed by atoms with Gasteiger partial charge in [0.05, 0.1) is 36.1 Å². The summed E-state index contributed by atoms with van der Waals surface area (Å²) in [5, 5.41) is 0.579. The third kappa shape index (κ3) is 5.65. The van der Waals surface area contributed by atoms with Gasteiger partial charge < -0.3 is 14.2 Å². The molecule has 0 radical (unpaired) electrons. The predicted molar refractivity (Wildman–Crippen MR) is 143 cm³/mol. The van der Waals surface area contributed by atoms with Crippen molar-refractivity contribution in [1.82, 2.24) is 14.5 Å². The number of hydrogen-bond acceptors (Lipinski definition) is 6. The van der Waals surface area contributed by atoms with E-state index in [4.69, 9.17) is 25.8 Å². The summed E-state index contributed by atoms with van der Waals surface area (Å²) in [4.78, 5) is 19.6. The molecule has 0 N–H and O–H groups in total. The molecular formula is C29H30ClN3O4. The van der Waals surface area contributed by atoms with Crippen molar-refractivity contribution in [3.8, 4) is 5.75 Å². The highest BCUT2D eigenvalue weighted by molar-refractivity contribution is 6.30. The molecule has 4 heterocycles. The number of halogens is 1. The molecule has 3 aromatic rings. The summed E-state index contributed by atoms with van der Waals surface area (Å²) < 4.78 is 19.3. The number of rotatable bonds is 6. The molecule has 0 spiro atoms. The quantitative estimate of drug-likeness (QED) is 0.480. The summed E-state index contributed by atoms with van der Waals surface area (Å²) in [6.45, 7) is 4.56. The van der Waals surface area contributed by atoms with Gasteiger partial charge in [0.1, 0.15) is 12.4 Å². The van der Waals surface area contributed by atoms with Crippen molar-refractivity contribution >= 4 is 23.4 Å². The number of likely N-dealkylation sites (tertiary alicyclic amines) is 1. The van der Waals surface area contributed by atoms with Crippen molar-refractivity contribution in [1.29, 1.82) is 0 Å². The zero-order valence-corrected chi connectivity index (χ0v) is 21.4. The molecule has 1 aromatic carbocycles. The molecule has 0 bridgehead atoms. The Morgan fingerprint density at radius 3 is 2.78 bits per heavy atom. The SMILES string of the molecule is O=c1cc(OCc2ccc(Cl)cn2)ccn1C1=Cc2ccc(CN3CC[C@@H]4OCCO[C@@H]4C3)cc2CC1. The number of hydrogen-bond donors (Lipinski definition) is 0. The lowest BCUT2D eigenvalue weighted by Crippen LogP contribution is -2.51. The second kappa shape index (κ2) is 10.8. The summed E-state index contributed by atoms with van der Waals surface area (Å²) in [5.41, 5.74) is 5.46. The highest BCUT2D eigenvalue weighted by Crippen LogP contribution is 2.28. The van der Waals surface area contributed by atoms with Crippen molar-refractivity contribution in [2.24, 2.45) is 0 Å². The number of benzene rings is 1. The van der Waals surface area contributed by atoms with E-state index >= 15 is 0 Å². The Morgan fingerprint density at radius 1 is 1.05 bits per heavy atom. The first-order chi connectivity index (χ1) is 18.1. The van der Waals surface area contributed by atoms with Crippen molar-refractivity contribution in [2.75, 3.05) is 26.3 Å². The Kier molecular flexibility index (Phi) is 7.11. The molecule has 2 saturated heterocycles. The summed E-state index contributed by atoms with van der Waals surface area (Å²) in [5.74, 6) is 0.522. The minimum Gasteiger partial charge on any atom is -0.487 e.